The van der Waals surface area contributed by atoms with Gasteiger partial charge in [-0.1, -0.05) is 68.1 Å². The third-order valence-electron chi connectivity index (χ3n) is 7.00. The monoisotopic (exact) mass is 490 g/mol. The van der Waals surface area contributed by atoms with Crippen molar-refractivity contribution in [3.63, 3.8) is 0 Å². The first-order valence-electron chi connectivity index (χ1n) is 12.3. The largest absolute Gasteiger partial charge is 0.292 e. The van der Waals surface area contributed by atoms with Crippen molar-refractivity contribution >= 4 is 28.3 Å². The Balaban J connectivity index is 1.57. The molecule has 0 N–H and O–H groups in total. The molecule has 37 heavy (non-hydrogen) atoms. The van der Waals surface area contributed by atoms with Crippen molar-refractivity contribution < 1.29 is 8.78 Å². The van der Waals surface area contributed by atoms with Crippen LogP contribution in [0.2, 0.25) is 0 Å². The van der Waals surface area contributed by atoms with E-state index in [4.69, 9.17) is 0 Å². The van der Waals surface area contributed by atoms with Gasteiger partial charge < -0.3 is 0 Å². The second kappa shape index (κ2) is 9.98. The zero-order valence-electron chi connectivity index (χ0n) is 21.2. The molecule has 0 amide bonds. The van der Waals surface area contributed by atoms with Crippen molar-refractivity contribution in [1.82, 2.24) is 4.98 Å². The normalized spacial score (nSPS) is 16.2. The number of para-hydroxylation sites is 1. The van der Waals surface area contributed by atoms with Crippen LogP contribution in [0.3, 0.4) is 0 Å². The van der Waals surface area contributed by atoms with Gasteiger partial charge in [-0.05, 0) is 77.6 Å². The van der Waals surface area contributed by atoms with Crippen LogP contribution >= 0.6 is 0 Å². The van der Waals surface area contributed by atoms with Crippen LogP contribution < -0.4 is 4.90 Å². The number of aryl methyl sites for hydroxylation is 1. The summed E-state index contributed by atoms with van der Waals surface area (Å²) in [6.07, 6.45) is 5.56. The number of benzene rings is 3. The highest BCUT2D eigenvalue weighted by molar-refractivity contribution is 5.89. The minimum atomic E-state index is -0.661. The Bertz CT molecular complexity index is 1500. The second-order valence-electron chi connectivity index (χ2n) is 9.35. The van der Waals surface area contributed by atoms with Gasteiger partial charge in [0, 0.05) is 29.4 Å². The lowest BCUT2D eigenvalue weighted by atomic mass is 9.97. The quantitative estimate of drug-likeness (QED) is 0.277. The van der Waals surface area contributed by atoms with E-state index in [1.54, 1.807) is 29.3 Å². The van der Waals surface area contributed by atoms with Crippen molar-refractivity contribution in [1.29, 1.82) is 0 Å². The lowest BCUT2D eigenvalue weighted by molar-refractivity contribution is 0.581. The summed E-state index contributed by atoms with van der Waals surface area (Å²) in [6, 6.07) is 23.6. The summed E-state index contributed by atoms with van der Waals surface area (Å²) in [5.41, 5.74) is 7.71. The molecule has 1 aliphatic rings. The molecular formula is C33H28F2N2. The van der Waals surface area contributed by atoms with Gasteiger partial charge >= 0.3 is 0 Å². The first-order chi connectivity index (χ1) is 17.9. The first-order valence-corrected chi connectivity index (χ1v) is 12.3. The van der Waals surface area contributed by atoms with Crippen molar-refractivity contribution in [3.8, 4) is 0 Å². The fraction of sp³-hybridized carbons (Fsp3) is 0.121. The van der Waals surface area contributed by atoms with E-state index in [9.17, 15) is 0 Å². The van der Waals surface area contributed by atoms with Crippen LogP contribution in [0.1, 0.15) is 42.0 Å². The molecule has 0 spiro atoms. The maximum absolute atomic E-state index is 15.3. The summed E-state index contributed by atoms with van der Waals surface area (Å²) in [5.74, 6) is -0.540. The molecule has 0 fully saturated rings. The first kappa shape index (κ1) is 24.4. The van der Waals surface area contributed by atoms with Crippen LogP contribution in [0, 0.1) is 18.6 Å². The fourth-order valence-corrected chi connectivity index (χ4v) is 5.06. The van der Waals surface area contributed by atoms with Gasteiger partial charge in [-0.25, -0.2) is 13.8 Å². The molecule has 0 saturated carbocycles. The van der Waals surface area contributed by atoms with Gasteiger partial charge in [0.05, 0.1) is 5.69 Å². The van der Waals surface area contributed by atoms with E-state index in [1.165, 1.54) is 16.7 Å². The number of hydrogen-bond acceptors (Lipinski definition) is 2. The van der Waals surface area contributed by atoms with Gasteiger partial charge in [0.15, 0.2) is 0 Å². The second-order valence-corrected chi connectivity index (χ2v) is 9.35. The molecule has 1 atom stereocenters. The molecule has 0 bridgehead atoms. The molecule has 184 valence electrons. The van der Waals surface area contributed by atoms with Gasteiger partial charge in [-0.3, -0.25) is 4.90 Å². The van der Waals surface area contributed by atoms with E-state index in [0.717, 1.165) is 22.9 Å². The Labute approximate surface area is 216 Å². The molecule has 4 aromatic rings. The van der Waals surface area contributed by atoms with Crippen LogP contribution in [0.25, 0.3) is 11.1 Å². The Morgan fingerprint density at radius 3 is 2.41 bits per heavy atom. The minimum absolute atomic E-state index is 0.192. The maximum atomic E-state index is 15.3. The number of allylic oxidation sites excluding steroid dienone is 5. The Kier molecular flexibility index (Phi) is 6.58. The predicted octanol–water partition coefficient (Wildman–Crippen LogP) is 9.30. The third-order valence-corrected chi connectivity index (χ3v) is 7.00. The molecule has 2 nitrogen and oxygen atoms in total. The number of hydrogen-bond donors (Lipinski definition) is 0. The number of anilines is 3. The third kappa shape index (κ3) is 4.51. The molecule has 0 saturated heterocycles. The number of fused-ring (bicyclic) bond motifs is 1. The van der Waals surface area contributed by atoms with Crippen molar-refractivity contribution in [3.05, 3.63) is 143 Å². The molecule has 1 aromatic heterocycles. The SMILES string of the molecule is C=C1/C(=C\C=C(/C)c2cc(N(c3ccccc3)c3ccccn3)c(F)cc2F)C(C)c2cccc(C)c21. The van der Waals surface area contributed by atoms with E-state index in [2.05, 4.69) is 43.6 Å². The van der Waals surface area contributed by atoms with Crippen LogP contribution in [0.4, 0.5) is 26.0 Å². The molecule has 1 heterocycles. The topological polar surface area (TPSA) is 16.1 Å². The summed E-state index contributed by atoms with van der Waals surface area (Å²) >= 11 is 0. The maximum Gasteiger partial charge on any atom is 0.150 e. The Morgan fingerprint density at radius 1 is 0.946 bits per heavy atom. The lowest BCUT2D eigenvalue weighted by Gasteiger charge is -2.25. The zero-order valence-corrected chi connectivity index (χ0v) is 21.2. The number of pyridine rings is 1. The molecular weight excluding hydrogens is 462 g/mol. The standard InChI is InChI=1S/C33H28F2N2/c1-21(16-17-26-23(3)27-14-10-11-22(2)33(27)24(26)4)28-19-31(30(35)20-29(28)34)37(25-12-6-5-7-13-25)32-15-8-9-18-36-32/h5-20,23H,4H2,1-3H3/b21-16+,26-17-. The van der Waals surface area contributed by atoms with E-state index in [-0.39, 0.29) is 11.6 Å². The fourth-order valence-electron chi connectivity index (χ4n) is 5.06. The lowest BCUT2D eigenvalue weighted by Crippen LogP contribution is -2.13. The molecule has 0 aliphatic heterocycles. The molecule has 1 unspecified atom stereocenters. The van der Waals surface area contributed by atoms with Crippen LogP contribution in [-0.2, 0) is 0 Å². The van der Waals surface area contributed by atoms with Gasteiger partial charge in [-0.15, -0.1) is 0 Å². The van der Waals surface area contributed by atoms with Crippen molar-refractivity contribution in [2.75, 3.05) is 4.90 Å². The van der Waals surface area contributed by atoms with E-state index in [1.807, 2.05) is 55.5 Å². The molecule has 1 aliphatic carbocycles. The van der Waals surface area contributed by atoms with Crippen LogP contribution in [0.5, 0.6) is 0 Å². The number of halogens is 2. The van der Waals surface area contributed by atoms with Gasteiger partial charge in [0.25, 0.3) is 0 Å². The Hall–Kier alpha value is -4.31. The van der Waals surface area contributed by atoms with Gasteiger partial charge in [0.2, 0.25) is 0 Å². The average Bonchev–Trinajstić information content (AvgIpc) is 3.15. The molecule has 4 heteroatoms. The van der Waals surface area contributed by atoms with Gasteiger partial charge in [-0.2, -0.15) is 0 Å². The number of aromatic nitrogens is 1. The minimum Gasteiger partial charge on any atom is -0.292 e. The van der Waals surface area contributed by atoms with Crippen LogP contribution in [0.15, 0.2) is 109 Å². The molecule has 0 radical (unpaired) electrons. The van der Waals surface area contributed by atoms with E-state index < -0.39 is 11.6 Å². The number of rotatable bonds is 5. The molecule has 5 rings (SSSR count). The van der Waals surface area contributed by atoms with Crippen LogP contribution in [-0.4, -0.2) is 4.98 Å². The highest BCUT2D eigenvalue weighted by atomic mass is 19.1. The zero-order chi connectivity index (χ0) is 26.1. The summed E-state index contributed by atoms with van der Waals surface area (Å²) in [4.78, 5) is 6.13. The van der Waals surface area contributed by atoms with E-state index >= 15 is 8.78 Å². The van der Waals surface area contributed by atoms with Crippen molar-refractivity contribution in [2.45, 2.75) is 26.7 Å². The Morgan fingerprint density at radius 2 is 1.70 bits per heavy atom. The highest BCUT2D eigenvalue weighted by Crippen LogP contribution is 2.46. The smallest absolute Gasteiger partial charge is 0.150 e. The summed E-state index contributed by atoms with van der Waals surface area (Å²) in [7, 11) is 0. The van der Waals surface area contributed by atoms with Crippen molar-refractivity contribution in [2.24, 2.45) is 0 Å². The predicted molar refractivity (Wildman–Crippen MR) is 149 cm³/mol. The average molecular weight is 491 g/mol. The van der Waals surface area contributed by atoms with E-state index in [0.29, 0.717) is 17.0 Å². The summed E-state index contributed by atoms with van der Waals surface area (Å²) < 4.78 is 30.4. The van der Waals surface area contributed by atoms with Gasteiger partial charge in [0.1, 0.15) is 17.5 Å². The summed E-state index contributed by atoms with van der Waals surface area (Å²) in [6.45, 7) is 10.4. The molecule has 3 aromatic carbocycles. The summed E-state index contributed by atoms with van der Waals surface area (Å²) in [5, 5.41) is 0. The highest BCUT2D eigenvalue weighted by Gasteiger charge is 2.27. The number of nitrogens with zero attached hydrogens (tertiary/aromatic N) is 2.